The van der Waals surface area contributed by atoms with Gasteiger partial charge < -0.3 is 20.5 Å². The number of carboxylic acids is 1. The normalized spacial score (nSPS) is 12.9. The fraction of sp³-hybridized carbons (Fsp3) is 0.222. The van der Waals surface area contributed by atoms with Crippen molar-refractivity contribution >= 4 is 23.7 Å². The molecule has 0 radical (unpaired) electrons. The van der Waals surface area contributed by atoms with Gasteiger partial charge >= 0.3 is 12.1 Å². The summed E-state index contributed by atoms with van der Waals surface area (Å²) in [6, 6.07) is 21.8. The van der Waals surface area contributed by atoms with Crippen LogP contribution in [0.1, 0.15) is 47.2 Å². The molecule has 0 saturated carbocycles. The minimum absolute atomic E-state index is 0.0321. The molecular formula is C27H26N2O5. The Morgan fingerprint density at radius 2 is 1.50 bits per heavy atom. The highest BCUT2D eigenvalue weighted by molar-refractivity contribution is 5.93. The smallest absolute Gasteiger partial charge is 0.407 e. The van der Waals surface area contributed by atoms with Crippen molar-refractivity contribution in [3.8, 4) is 11.1 Å². The minimum atomic E-state index is -1.03. The summed E-state index contributed by atoms with van der Waals surface area (Å²) in [5.74, 6) is -1.35. The lowest BCUT2D eigenvalue weighted by Crippen LogP contribution is -2.38. The van der Waals surface area contributed by atoms with Gasteiger partial charge in [-0.05, 0) is 52.9 Å². The summed E-state index contributed by atoms with van der Waals surface area (Å²) in [6.45, 7) is 2.09. The zero-order valence-corrected chi connectivity index (χ0v) is 18.8. The molecule has 1 atom stereocenters. The van der Waals surface area contributed by atoms with Crippen LogP contribution in [0.3, 0.4) is 0 Å². The molecule has 2 amide bonds. The van der Waals surface area contributed by atoms with Crippen molar-refractivity contribution in [2.24, 2.45) is 0 Å². The van der Waals surface area contributed by atoms with Gasteiger partial charge in [-0.1, -0.05) is 55.5 Å². The molecular weight excluding hydrogens is 432 g/mol. The molecule has 0 heterocycles. The number of ether oxygens (including phenoxy) is 1. The van der Waals surface area contributed by atoms with Crippen molar-refractivity contribution in [2.75, 3.05) is 11.9 Å². The van der Waals surface area contributed by atoms with Crippen molar-refractivity contribution in [1.29, 1.82) is 0 Å². The first-order valence-corrected chi connectivity index (χ1v) is 11.2. The van der Waals surface area contributed by atoms with Crippen molar-refractivity contribution in [3.63, 3.8) is 0 Å². The molecule has 3 aromatic rings. The van der Waals surface area contributed by atoms with Crippen molar-refractivity contribution in [2.45, 2.75) is 31.7 Å². The molecule has 7 nitrogen and oxygen atoms in total. The van der Waals surface area contributed by atoms with Gasteiger partial charge in [0.2, 0.25) is 5.91 Å². The average Bonchev–Trinajstić information content (AvgIpc) is 3.16. The van der Waals surface area contributed by atoms with E-state index in [1.54, 1.807) is 0 Å². The second kappa shape index (κ2) is 10.2. The Balaban J connectivity index is 1.31. The van der Waals surface area contributed by atoms with Crippen LogP contribution in [0.15, 0.2) is 72.8 Å². The van der Waals surface area contributed by atoms with E-state index in [9.17, 15) is 14.4 Å². The number of amides is 2. The van der Waals surface area contributed by atoms with Gasteiger partial charge in [-0.15, -0.1) is 0 Å². The van der Waals surface area contributed by atoms with E-state index in [1.807, 2.05) is 31.2 Å². The van der Waals surface area contributed by atoms with Crippen LogP contribution in [0.5, 0.6) is 0 Å². The van der Waals surface area contributed by atoms with E-state index in [4.69, 9.17) is 9.84 Å². The van der Waals surface area contributed by atoms with Gasteiger partial charge in [0.15, 0.2) is 0 Å². The van der Waals surface area contributed by atoms with Gasteiger partial charge in [-0.2, -0.15) is 0 Å². The molecule has 174 valence electrons. The number of benzene rings is 3. The molecule has 0 unspecified atom stereocenters. The van der Waals surface area contributed by atoms with Crippen molar-refractivity contribution in [3.05, 3.63) is 89.5 Å². The molecule has 0 spiro atoms. The van der Waals surface area contributed by atoms with Crippen molar-refractivity contribution in [1.82, 2.24) is 5.32 Å². The number of anilines is 1. The van der Waals surface area contributed by atoms with Crippen LogP contribution in [0.2, 0.25) is 0 Å². The Morgan fingerprint density at radius 3 is 2.06 bits per heavy atom. The molecule has 0 bridgehead atoms. The van der Waals surface area contributed by atoms with E-state index < -0.39 is 18.1 Å². The molecule has 0 aromatic heterocycles. The largest absolute Gasteiger partial charge is 0.478 e. The number of nitrogens with one attached hydrogen (secondary N) is 2. The molecule has 3 N–H and O–H groups in total. The number of hydrogen-bond donors (Lipinski definition) is 3. The summed E-state index contributed by atoms with van der Waals surface area (Å²) in [6.07, 6.45) is 0.0593. The molecule has 34 heavy (non-hydrogen) atoms. The first-order chi connectivity index (χ1) is 16.5. The number of rotatable bonds is 8. The molecule has 0 aliphatic heterocycles. The highest BCUT2D eigenvalue weighted by atomic mass is 16.5. The highest BCUT2D eigenvalue weighted by Crippen LogP contribution is 2.44. The standard InChI is InChI=1S/C27H26N2O5/c1-2-18(15-25(30)28-19-13-11-17(12-14-19)26(31)32)29-27(33)34-16-24-22-9-5-3-7-20(22)21-8-4-6-10-23(21)24/h3-14,18,24H,2,15-16H2,1H3,(H,28,30)(H,29,33)(H,31,32)/t18-/m1/s1. The monoisotopic (exact) mass is 458 g/mol. The molecule has 0 fully saturated rings. The number of carbonyl (C=O) groups is 3. The van der Waals surface area contributed by atoms with Crippen LogP contribution in [0.4, 0.5) is 10.5 Å². The summed E-state index contributed by atoms with van der Waals surface area (Å²) in [5.41, 5.74) is 5.22. The van der Waals surface area contributed by atoms with Crippen LogP contribution < -0.4 is 10.6 Å². The van der Waals surface area contributed by atoms with Gasteiger partial charge in [0.1, 0.15) is 6.61 Å². The number of fused-ring (bicyclic) bond motifs is 3. The maximum absolute atomic E-state index is 12.5. The predicted octanol–water partition coefficient (Wildman–Crippen LogP) is 5.03. The lowest BCUT2D eigenvalue weighted by molar-refractivity contribution is -0.116. The zero-order valence-electron chi connectivity index (χ0n) is 18.8. The van der Waals surface area contributed by atoms with Crippen LogP contribution >= 0.6 is 0 Å². The number of aromatic carboxylic acids is 1. The lowest BCUT2D eigenvalue weighted by atomic mass is 9.98. The van der Waals surface area contributed by atoms with Gasteiger partial charge in [0.05, 0.1) is 5.56 Å². The second-order valence-electron chi connectivity index (χ2n) is 8.21. The molecule has 4 rings (SSSR count). The van der Waals surface area contributed by atoms with E-state index in [2.05, 4.69) is 34.9 Å². The SMILES string of the molecule is CC[C@H](CC(=O)Nc1ccc(C(=O)O)cc1)NC(=O)OCC1c2ccccc2-c2ccccc21. The van der Waals surface area contributed by atoms with Gasteiger partial charge in [-0.3, -0.25) is 4.79 Å². The predicted molar refractivity (Wildman–Crippen MR) is 129 cm³/mol. The fourth-order valence-electron chi connectivity index (χ4n) is 4.24. The molecule has 1 aliphatic rings. The summed E-state index contributed by atoms with van der Waals surface area (Å²) >= 11 is 0. The number of hydrogen-bond acceptors (Lipinski definition) is 4. The summed E-state index contributed by atoms with van der Waals surface area (Å²) in [7, 11) is 0. The molecule has 1 aliphatic carbocycles. The number of alkyl carbamates (subject to hydrolysis) is 1. The summed E-state index contributed by atoms with van der Waals surface area (Å²) < 4.78 is 5.57. The van der Waals surface area contributed by atoms with Crippen LogP contribution in [-0.2, 0) is 9.53 Å². The first kappa shape index (κ1) is 23.0. The number of carbonyl (C=O) groups excluding carboxylic acids is 2. The highest BCUT2D eigenvalue weighted by Gasteiger charge is 2.29. The lowest BCUT2D eigenvalue weighted by Gasteiger charge is -2.19. The maximum Gasteiger partial charge on any atom is 0.407 e. The third-order valence-electron chi connectivity index (χ3n) is 6.01. The van der Waals surface area contributed by atoms with Gasteiger partial charge in [-0.25, -0.2) is 9.59 Å². The van der Waals surface area contributed by atoms with E-state index in [0.717, 1.165) is 22.3 Å². The molecule has 0 saturated heterocycles. The zero-order chi connectivity index (χ0) is 24.1. The topological polar surface area (TPSA) is 105 Å². The maximum atomic E-state index is 12.5. The van der Waals surface area contributed by atoms with Gasteiger partial charge in [0, 0.05) is 24.1 Å². The van der Waals surface area contributed by atoms with E-state index in [-0.39, 0.29) is 30.4 Å². The Kier molecular flexibility index (Phi) is 6.92. The Bertz CT molecular complexity index is 1160. The van der Waals surface area contributed by atoms with Crippen LogP contribution in [0, 0.1) is 0 Å². The Morgan fingerprint density at radius 1 is 0.912 bits per heavy atom. The third-order valence-corrected chi connectivity index (χ3v) is 6.01. The van der Waals surface area contributed by atoms with Gasteiger partial charge in [0.25, 0.3) is 0 Å². The van der Waals surface area contributed by atoms with E-state index >= 15 is 0 Å². The number of carboxylic acid groups (broad SMARTS) is 1. The first-order valence-electron chi connectivity index (χ1n) is 11.2. The third kappa shape index (κ3) is 5.09. The molecule has 7 heteroatoms. The second-order valence-corrected chi connectivity index (χ2v) is 8.21. The van der Waals surface area contributed by atoms with Crippen molar-refractivity contribution < 1.29 is 24.2 Å². The minimum Gasteiger partial charge on any atom is -0.478 e. The van der Waals surface area contributed by atoms with E-state index in [0.29, 0.717) is 12.1 Å². The quantitative estimate of drug-likeness (QED) is 0.439. The Hall–Kier alpha value is -4.13. The Labute approximate surface area is 197 Å². The fourth-order valence-corrected chi connectivity index (χ4v) is 4.24. The average molecular weight is 459 g/mol. The molecule has 3 aromatic carbocycles. The van der Waals surface area contributed by atoms with E-state index in [1.165, 1.54) is 24.3 Å². The summed E-state index contributed by atoms with van der Waals surface area (Å²) in [4.78, 5) is 35.9. The van der Waals surface area contributed by atoms with Crippen LogP contribution in [-0.4, -0.2) is 35.7 Å². The van der Waals surface area contributed by atoms with Crippen LogP contribution in [0.25, 0.3) is 11.1 Å². The summed E-state index contributed by atoms with van der Waals surface area (Å²) in [5, 5.41) is 14.5.